The van der Waals surface area contributed by atoms with Crippen LogP contribution in [0.3, 0.4) is 0 Å². The molecule has 4 nitrogen and oxygen atoms in total. The van der Waals surface area contributed by atoms with Gasteiger partial charge in [0.05, 0.1) is 0 Å². The zero-order valence-corrected chi connectivity index (χ0v) is 14.0. The van der Waals surface area contributed by atoms with E-state index in [0.717, 1.165) is 19.3 Å². The van der Waals surface area contributed by atoms with Crippen molar-refractivity contribution in [3.05, 3.63) is 0 Å². The van der Waals surface area contributed by atoms with Crippen molar-refractivity contribution >= 4 is 5.97 Å². The van der Waals surface area contributed by atoms with E-state index in [1.165, 1.54) is 0 Å². The van der Waals surface area contributed by atoms with Crippen molar-refractivity contribution < 1.29 is 19.3 Å². The molecule has 0 spiro atoms. The first-order valence-corrected chi connectivity index (χ1v) is 7.64. The number of esters is 1. The van der Waals surface area contributed by atoms with Gasteiger partial charge in [0.25, 0.3) is 0 Å². The average Bonchev–Trinajstić information content (AvgIpc) is 2.21. The summed E-state index contributed by atoms with van der Waals surface area (Å²) in [7, 11) is 0. The van der Waals surface area contributed by atoms with Gasteiger partial charge in [0.15, 0.2) is 0 Å². The van der Waals surface area contributed by atoms with Gasteiger partial charge in [-0.1, -0.05) is 41.0 Å². The fourth-order valence-corrected chi connectivity index (χ4v) is 3.02. The lowest BCUT2D eigenvalue weighted by molar-refractivity contribution is -0.499. The standard InChI is InChI=1S/C16H30O4/c1-8-10-12-16(9-2,20-19-12)13(17)18-15(6,7)11-14(3,4)5/h12H,8-11H2,1-7H3. The van der Waals surface area contributed by atoms with Gasteiger partial charge in [-0.05, 0) is 38.5 Å². The Morgan fingerprint density at radius 2 is 1.80 bits per heavy atom. The molecule has 0 aliphatic carbocycles. The molecule has 1 rings (SSSR count). The highest BCUT2D eigenvalue weighted by atomic mass is 17.3. The molecule has 1 saturated heterocycles. The largest absolute Gasteiger partial charge is 0.457 e. The number of carbonyl (C=O) groups excluding carboxylic acids is 1. The smallest absolute Gasteiger partial charge is 0.345 e. The van der Waals surface area contributed by atoms with Crippen LogP contribution in [0, 0.1) is 5.41 Å². The molecule has 0 aromatic rings. The van der Waals surface area contributed by atoms with Crippen molar-refractivity contribution in [2.24, 2.45) is 5.41 Å². The number of ether oxygens (including phenoxy) is 1. The third-order valence-electron chi connectivity index (χ3n) is 3.58. The van der Waals surface area contributed by atoms with Gasteiger partial charge in [-0.3, -0.25) is 0 Å². The van der Waals surface area contributed by atoms with Gasteiger partial charge in [0, 0.05) is 0 Å². The summed E-state index contributed by atoms with van der Waals surface area (Å²) in [5.41, 5.74) is -1.32. The van der Waals surface area contributed by atoms with Crippen LogP contribution in [-0.2, 0) is 19.3 Å². The van der Waals surface area contributed by atoms with E-state index in [0.29, 0.717) is 6.42 Å². The van der Waals surface area contributed by atoms with Crippen molar-refractivity contribution in [1.82, 2.24) is 0 Å². The number of hydrogen-bond acceptors (Lipinski definition) is 4. The second-order valence-corrected chi connectivity index (χ2v) is 7.59. The van der Waals surface area contributed by atoms with Gasteiger partial charge in [0.2, 0.25) is 5.60 Å². The molecule has 2 atom stereocenters. The highest BCUT2D eigenvalue weighted by Crippen LogP contribution is 2.39. The van der Waals surface area contributed by atoms with Crippen LogP contribution < -0.4 is 0 Å². The molecule has 1 aliphatic heterocycles. The summed E-state index contributed by atoms with van der Waals surface area (Å²) in [5, 5.41) is 0. The Bertz CT molecular complexity index is 339. The minimum atomic E-state index is -0.912. The molecule has 0 N–H and O–H groups in total. The molecule has 1 aliphatic rings. The van der Waals surface area contributed by atoms with E-state index < -0.39 is 11.2 Å². The number of carbonyl (C=O) groups is 1. The summed E-state index contributed by atoms with van der Waals surface area (Å²) >= 11 is 0. The Kier molecular flexibility index (Phi) is 5.25. The SMILES string of the molecule is CCCC1OOC1(CC)C(=O)OC(C)(C)CC(C)(C)C. The summed E-state index contributed by atoms with van der Waals surface area (Å²) < 4.78 is 5.74. The van der Waals surface area contributed by atoms with Crippen molar-refractivity contribution in [1.29, 1.82) is 0 Å². The van der Waals surface area contributed by atoms with Crippen LogP contribution in [0.25, 0.3) is 0 Å². The summed E-state index contributed by atoms with van der Waals surface area (Å²) in [6.07, 6.45) is 2.94. The van der Waals surface area contributed by atoms with Gasteiger partial charge in [-0.2, -0.15) is 0 Å². The molecule has 0 aromatic heterocycles. The first-order valence-electron chi connectivity index (χ1n) is 7.64. The van der Waals surface area contributed by atoms with Crippen LogP contribution in [0.2, 0.25) is 0 Å². The first kappa shape index (κ1) is 17.4. The normalized spacial score (nSPS) is 27.1. The maximum absolute atomic E-state index is 12.5. The van der Waals surface area contributed by atoms with Gasteiger partial charge < -0.3 is 4.74 Å². The van der Waals surface area contributed by atoms with Crippen LogP contribution in [0.1, 0.15) is 74.1 Å². The van der Waals surface area contributed by atoms with Crippen molar-refractivity contribution in [2.45, 2.75) is 91.5 Å². The van der Waals surface area contributed by atoms with Crippen LogP contribution in [0.4, 0.5) is 0 Å². The monoisotopic (exact) mass is 286 g/mol. The Morgan fingerprint density at radius 3 is 2.15 bits per heavy atom. The highest BCUT2D eigenvalue weighted by Gasteiger charge is 2.58. The molecule has 0 amide bonds. The molecule has 0 saturated carbocycles. The van der Waals surface area contributed by atoms with Crippen LogP contribution in [0.5, 0.6) is 0 Å². The minimum absolute atomic E-state index is 0.100. The zero-order valence-electron chi connectivity index (χ0n) is 14.0. The molecule has 0 aromatic carbocycles. The molecule has 20 heavy (non-hydrogen) atoms. The topological polar surface area (TPSA) is 44.8 Å². The predicted octanol–water partition coefficient (Wildman–Crippen LogP) is 4.02. The Labute approximate surface area is 123 Å². The third-order valence-corrected chi connectivity index (χ3v) is 3.58. The summed E-state index contributed by atoms with van der Waals surface area (Å²) in [6, 6.07) is 0. The molecule has 0 bridgehead atoms. The van der Waals surface area contributed by atoms with Gasteiger partial charge in [-0.25, -0.2) is 14.6 Å². The number of hydrogen-bond donors (Lipinski definition) is 0. The fourth-order valence-electron chi connectivity index (χ4n) is 3.02. The molecule has 1 fully saturated rings. The minimum Gasteiger partial charge on any atom is -0.457 e. The summed E-state index contributed by atoms with van der Waals surface area (Å²) in [6.45, 7) is 14.3. The quantitative estimate of drug-likeness (QED) is 0.546. The van der Waals surface area contributed by atoms with E-state index in [1.54, 1.807) is 0 Å². The molecule has 0 radical (unpaired) electrons. The number of rotatable bonds is 6. The van der Waals surface area contributed by atoms with Crippen molar-refractivity contribution in [2.75, 3.05) is 0 Å². The van der Waals surface area contributed by atoms with Gasteiger partial charge in [-0.15, -0.1) is 0 Å². The molecule has 2 unspecified atom stereocenters. The van der Waals surface area contributed by atoms with Crippen LogP contribution in [-0.4, -0.2) is 23.3 Å². The third kappa shape index (κ3) is 3.95. The van der Waals surface area contributed by atoms with E-state index >= 15 is 0 Å². The average molecular weight is 286 g/mol. The van der Waals surface area contributed by atoms with E-state index in [4.69, 9.17) is 14.5 Å². The molecular formula is C16H30O4. The maximum Gasteiger partial charge on any atom is 0.345 e. The predicted molar refractivity (Wildman–Crippen MR) is 78.1 cm³/mol. The summed E-state index contributed by atoms with van der Waals surface area (Å²) in [5.74, 6) is -0.293. The highest BCUT2D eigenvalue weighted by molar-refractivity contribution is 5.81. The fraction of sp³-hybridized carbons (Fsp3) is 0.938. The Morgan fingerprint density at radius 1 is 1.20 bits per heavy atom. The zero-order chi connectivity index (χ0) is 15.6. The van der Waals surface area contributed by atoms with Crippen LogP contribution >= 0.6 is 0 Å². The molecule has 118 valence electrons. The maximum atomic E-state index is 12.5. The van der Waals surface area contributed by atoms with Crippen LogP contribution in [0.15, 0.2) is 0 Å². The molecule has 4 heteroatoms. The van der Waals surface area contributed by atoms with Crippen molar-refractivity contribution in [3.8, 4) is 0 Å². The van der Waals surface area contributed by atoms with Crippen molar-refractivity contribution in [3.63, 3.8) is 0 Å². The second kappa shape index (κ2) is 6.02. The van der Waals surface area contributed by atoms with E-state index in [1.807, 2.05) is 20.8 Å². The van der Waals surface area contributed by atoms with E-state index in [-0.39, 0.29) is 17.5 Å². The van der Waals surface area contributed by atoms with E-state index in [2.05, 4.69) is 27.7 Å². The lowest BCUT2D eigenvalue weighted by atomic mass is 9.83. The van der Waals surface area contributed by atoms with Gasteiger partial charge >= 0.3 is 5.97 Å². The van der Waals surface area contributed by atoms with Gasteiger partial charge in [0.1, 0.15) is 11.7 Å². The Balaban J connectivity index is 2.73. The van der Waals surface area contributed by atoms with E-state index in [9.17, 15) is 4.79 Å². The lowest BCUT2D eigenvalue weighted by Crippen LogP contribution is -2.62. The first-order chi connectivity index (χ1) is 9.06. The second-order valence-electron chi connectivity index (χ2n) is 7.59. The lowest BCUT2D eigenvalue weighted by Gasteiger charge is -2.45. The molecule has 1 heterocycles. The molecular weight excluding hydrogens is 256 g/mol. The Hall–Kier alpha value is -0.610. The summed E-state index contributed by atoms with van der Waals surface area (Å²) in [4.78, 5) is 22.8.